The zero-order chi connectivity index (χ0) is 45.8. The highest BCUT2D eigenvalue weighted by molar-refractivity contribution is 5.77. The number of hydrogen-bond donors (Lipinski definition) is 0. The van der Waals surface area contributed by atoms with E-state index in [1.54, 1.807) is 0 Å². The van der Waals surface area contributed by atoms with Gasteiger partial charge in [-0.3, -0.25) is 9.97 Å². The van der Waals surface area contributed by atoms with Crippen molar-refractivity contribution in [1.29, 1.82) is 0 Å². The monoisotopic (exact) mass is 829 g/mol. The molecular weight excluding hydrogens is 745 g/mol. The van der Waals surface area contributed by atoms with Crippen LogP contribution in [0.5, 0.6) is 0 Å². The lowest BCUT2D eigenvalue weighted by atomic mass is 9.80. The Morgan fingerprint density at radius 2 is 0.623 bits per heavy atom. The van der Waals surface area contributed by atoms with E-state index in [4.69, 9.17) is 9.97 Å². The van der Waals surface area contributed by atoms with Gasteiger partial charge < -0.3 is 0 Å². The minimum atomic E-state index is 0. The van der Waals surface area contributed by atoms with Crippen molar-refractivity contribution in [3.05, 3.63) is 124 Å². The zero-order valence-electron chi connectivity index (χ0n) is 42.4. The lowest BCUT2D eigenvalue weighted by Gasteiger charge is -2.27. The quantitative estimate of drug-likeness (QED) is 0.180. The van der Waals surface area contributed by atoms with Crippen molar-refractivity contribution >= 4 is 0 Å². The molecule has 0 N–H and O–H groups in total. The van der Waals surface area contributed by atoms with E-state index in [9.17, 15) is 0 Å². The number of aryl methyl sites for hydroxylation is 5. The molecule has 0 saturated carbocycles. The maximum Gasteiger partial charge on any atom is 0.131 e. The molecule has 0 atom stereocenters. The van der Waals surface area contributed by atoms with Crippen LogP contribution in [0.15, 0.2) is 0 Å². The Balaban J connectivity index is 0.000000290. The first-order valence-electron chi connectivity index (χ1n) is 22.4. The molecule has 1 aliphatic carbocycles. The summed E-state index contributed by atoms with van der Waals surface area (Å²) in [5.41, 5.74) is 28.7. The van der Waals surface area contributed by atoms with Crippen molar-refractivity contribution < 1.29 is 0 Å². The Morgan fingerprint density at radius 3 is 1.02 bits per heavy atom. The molecule has 1 aliphatic rings. The van der Waals surface area contributed by atoms with Gasteiger partial charge in [0.15, 0.2) is 0 Å². The number of benzene rings is 1. The molecule has 0 aliphatic heterocycles. The molecule has 6 heteroatoms. The van der Waals surface area contributed by atoms with Gasteiger partial charge in [0.25, 0.3) is 0 Å². The molecule has 0 unspecified atom stereocenters. The molecule has 1 aromatic carbocycles. The standard InChI is InChI=1S/C20H26N2.2C12H19N.C10H16N2.CH4/c1-10(2)20-21-15(7)17-9-8-16-13(5)11(3)12(4)14(6)18(16)19(17)22-20;2*1-7(2)12-10(5)8(3)9(4)11(6)13-12;1-6(2)10-11-8(4)7(3)9(5)12-10;/h10H,8-9H2,1-7H3;2*7H,1-6H3;6H,1-5H3;1H4. The summed E-state index contributed by atoms with van der Waals surface area (Å²) in [6.45, 7) is 51.8. The van der Waals surface area contributed by atoms with Crippen LogP contribution in [0.1, 0.15) is 210 Å². The molecule has 0 spiro atoms. The average Bonchev–Trinajstić information content (AvgIpc) is 3.19. The minimum Gasteiger partial charge on any atom is -0.257 e. The second-order valence-corrected chi connectivity index (χ2v) is 18.8. The van der Waals surface area contributed by atoms with Crippen molar-refractivity contribution in [2.24, 2.45) is 0 Å². The second-order valence-electron chi connectivity index (χ2n) is 18.8. The van der Waals surface area contributed by atoms with E-state index >= 15 is 0 Å². The summed E-state index contributed by atoms with van der Waals surface area (Å²) in [6, 6.07) is 0. The number of fused-ring (bicyclic) bond motifs is 3. The normalized spacial score (nSPS) is 11.6. The van der Waals surface area contributed by atoms with Crippen LogP contribution >= 0.6 is 0 Å². The molecule has 4 heterocycles. The van der Waals surface area contributed by atoms with Crippen molar-refractivity contribution in [2.75, 3.05) is 0 Å². The van der Waals surface area contributed by atoms with Gasteiger partial charge in [-0.15, -0.1) is 0 Å². The highest BCUT2D eigenvalue weighted by atomic mass is 14.9. The van der Waals surface area contributed by atoms with Crippen molar-refractivity contribution in [2.45, 2.75) is 210 Å². The van der Waals surface area contributed by atoms with E-state index in [1.807, 2.05) is 13.8 Å². The summed E-state index contributed by atoms with van der Waals surface area (Å²) in [5.74, 6) is 3.76. The van der Waals surface area contributed by atoms with E-state index in [2.05, 4.69) is 172 Å². The summed E-state index contributed by atoms with van der Waals surface area (Å²) in [5, 5.41) is 0. The van der Waals surface area contributed by atoms with Gasteiger partial charge in [-0.2, -0.15) is 0 Å². The molecule has 4 aromatic heterocycles. The first-order valence-corrected chi connectivity index (χ1v) is 22.4. The Bertz CT molecular complexity index is 2250. The van der Waals surface area contributed by atoms with E-state index in [0.717, 1.165) is 41.6 Å². The lowest BCUT2D eigenvalue weighted by molar-refractivity contribution is 0.751. The molecule has 0 bridgehead atoms. The van der Waals surface area contributed by atoms with Crippen LogP contribution in [-0.4, -0.2) is 29.9 Å². The molecule has 0 amide bonds. The third kappa shape index (κ3) is 11.8. The van der Waals surface area contributed by atoms with Crippen molar-refractivity contribution in [3.63, 3.8) is 0 Å². The van der Waals surface area contributed by atoms with Crippen LogP contribution in [0.25, 0.3) is 11.3 Å². The van der Waals surface area contributed by atoms with Gasteiger partial charge >= 0.3 is 0 Å². The Morgan fingerprint density at radius 1 is 0.295 bits per heavy atom. The van der Waals surface area contributed by atoms with Crippen LogP contribution in [-0.2, 0) is 12.8 Å². The molecule has 0 fully saturated rings. The van der Waals surface area contributed by atoms with Gasteiger partial charge in [-0.1, -0.05) is 62.8 Å². The summed E-state index contributed by atoms with van der Waals surface area (Å²) >= 11 is 0. The molecule has 334 valence electrons. The molecule has 5 aromatic rings. The van der Waals surface area contributed by atoms with E-state index < -0.39 is 0 Å². The highest BCUT2D eigenvalue weighted by Gasteiger charge is 2.26. The minimum absolute atomic E-state index is 0. The van der Waals surface area contributed by atoms with Gasteiger partial charge in [-0.05, 0) is 202 Å². The van der Waals surface area contributed by atoms with Crippen LogP contribution in [0.3, 0.4) is 0 Å². The van der Waals surface area contributed by atoms with Crippen LogP contribution in [0.4, 0.5) is 0 Å². The van der Waals surface area contributed by atoms with Gasteiger partial charge in [0.1, 0.15) is 11.6 Å². The predicted molar refractivity (Wildman–Crippen MR) is 264 cm³/mol. The van der Waals surface area contributed by atoms with Crippen molar-refractivity contribution in [3.8, 4) is 11.3 Å². The first kappa shape index (κ1) is 52.8. The molecule has 6 nitrogen and oxygen atoms in total. The van der Waals surface area contributed by atoms with Crippen LogP contribution < -0.4 is 0 Å². The number of rotatable bonds is 4. The average molecular weight is 829 g/mol. The number of nitrogens with zero attached hydrogens (tertiary/aromatic N) is 6. The Kier molecular flexibility index (Phi) is 18.8. The summed E-state index contributed by atoms with van der Waals surface area (Å²) in [4.78, 5) is 27.8. The van der Waals surface area contributed by atoms with Gasteiger partial charge in [-0.25, -0.2) is 19.9 Å². The van der Waals surface area contributed by atoms with Crippen LogP contribution in [0, 0.1) is 111 Å². The predicted octanol–water partition coefficient (Wildman–Crippen LogP) is 14.9. The summed E-state index contributed by atoms with van der Waals surface area (Å²) in [6.07, 6.45) is 2.18. The number of hydrogen-bond acceptors (Lipinski definition) is 6. The van der Waals surface area contributed by atoms with Gasteiger partial charge in [0.2, 0.25) is 0 Å². The number of aromatic nitrogens is 6. The SMILES string of the molecule is C.Cc1nc(C(C)C)c(C)c(C)c1C.Cc1nc(C(C)C)c(C)c(C)c1C.Cc1nc(C(C)C)nc(C)c1C.Cc1nc(C(C)C)nc2c1CCc1c(C)c(C)c(C)c(C)c1-2. The Hall–Kier alpha value is -4.32. The van der Waals surface area contributed by atoms with Gasteiger partial charge in [0, 0.05) is 62.8 Å². The fourth-order valence-electron chi connectivity index (χ4n) is 8.02. The fourth-order valence-corrected chi connectivity index (χ4v) is 8.02. The van der Waals surface area contributed by atoms with E-state index in [1.165, 1.54) is 106 Å². The largest absolute Gasteiger partial charge is 0.257 e. The van der Waals surface area contributed by atoms with Crippen molar-refractivity contribution in [1.82, 2.24) is 29.9 Å². The highest BCUT2D eigenvalue weighted by Crippen LogP contribution is 2.40. The smallest absolute Gasteiger partial charge is 0.131 e. The molecule has 61 heavy (non-hydrogen) atoms. The maximum absolute atomic E-state index is 4.98. The molecule has 0 saturated heterocycles. The topological polar surface area (TPSA) is 77.3 Å². The Labute approximate surface area is 373 Å². The fraction of sp³-hybridized carbons (Fsp3) is 0.564. The second kappa shape index (κ2) is 21.7. The maximum atomic E-state index is 4.98. The zero-order valence-corrected chi connectivity index (χ0v) is 42.4. The first-order chi connectivity index (χ1) is 27.7. The van der Waals surface area contributed by atoms with Crippen LogP contribution in [0.2, 0.25) is 0 Å². The van der Waals surface area contributed by atoms with E-state index in [-0.39, 0.29) is 7.43 Å². The number of pyridine rings is 2. The van der Waals surface area contributed by atoms with Gasteiger partial charge in [0.05, 0.1) is 5.69 Å². The molecular formula is C55H84N6. The lowest BCUT2D eigenvalue weighted by Crippen LogP contribution is -2.15. The summed E-state index contributed by atoms with van der Waals surface area (Å²) < 4.78 is 0. The summed E-state index contributed by atoms with van der Waals surface area (Å²) in [7, 11) is 0. The third-order valence-electron chi connectivity index (χ3n) is 13.4. The molecule has 6 rings (SSSR count). The molecule has 0 radical (unpaired) electrons. The van der Waals surface area contributed by atoms with E-state index in [0.29, 0.717) is 23.7 Å². The third-order valence-corrected chi connectivity index (χ3v) is 13.4.